The van der Waals surface area contributed by atoms with Crippen LogP contribution in [0.15, 0.2) is 40.9 Å². The number of fused-ring (bicyclic) bond motifs is 1. The van der Waals surface area contributed by atoms with Gasteiger partial charge in [0.05, 0.1) is 7.11 Å². The van der Waals surface area contributed by atoms with E-state index in [1.165, 1.54) is 0 Å². The summed E-state index contributed by atoms with van der Waals surface area (Å²) in [6, 6.07) is 9.26. The Kier molecular flexibility index (Phi) is 6.19. The third-order valence-corrected chi connectivity index (χ3v) is 4.83. The quantitative estimate of drug-likeness (QED) is 0.485. The Morgan fingerprint density at radius 3 is 2.67 bits per heavy atom. The molecule has 1 heterocycles. The van der Waals surface area contributed by atoms with Crippen LogP contribution in [0.25, 0.3) is 6.08 Å². The molecule has 6 heteroatoms. The molecule has 1 aliphatic heterocycles. The van der Waals surface area contributed by atoms with E-state index in [9.17, 15) is 4.79 Å². The Labute approximate surface area is 167 Å². The van der Waals surface area contributed by atoms with Gasteiger partial charge < -0.3 is 19.1 Å². The van der Waals surface area contributed by atoms with E-state index in [1.54, 1.807) is 31.4 Å². The maximum absolute atomic E-state index is 12.5. The monoisotopic (exact) mass is 431 g/mol. The van der Waals surface area contributed by atoms with E-state index in [4.69, 9.17) is 14.2 Å². The average Bonchev–Trinajstić information content (AvgIpc) is 3.12. The van der Waals surface area contributed by atoms with Crippen molar-refractivity contribution in [3.63, 3.8) is 0 Å². The lowest BCUT2D eigenvalue weighted by atomic mass is 10.00. The standard InChI is InChI=1S/C21H22BrNO4/c1-23(2)11-10-15-12-19-21(27-13-26-19)20(25-3)17(15)8-9-18(24)14-4-6-16(22)7-5-14/h4-9,12H,10-11,13H2,1-3H3. The molecule has 0 aromatic heterocycles. The molecular weight excluding hydrogens is 410 g/mol. The normalized spacial score (nSPS) is 12.8. The molecule has 142 valence electrons. The first-order valence-electron chi connectivity index (χ1n) is 8.61. The molecule has 0 unspecified atom stereocenters. The largest absolute Gasteiger partial charge is 0.492 e. The summed E-state index contributed by atoms with van der Waals surface area (Å²) >= 11 is 3.38. The van der Waals surface area contributed by atoms with Gasteiger partial charge in [-0.05, 0) is 68.6 Å². The molecule has 0 fully saturated rings. The highest BCUT2D eigenvalue weighted by Gasteiger charge is 2.24. The van der Waals surface area contributed by atoms with Gasteiger partial charge in [0.1, 0.15) is 0 Å². The van der Waals surface area contributed by atoms with Crippen molar-refractivity contribution in [2.45, 2.75) is 6.42 Å². The fourth-order valence-corrected chi connectivity index (χ4v) is 3.15. The number of hydrogen-bond donors (Lipinski definition) is 0. The van der Waals surface area contributed by atoms with Gasteiger partial charge in [-0.1, -0.05) is 15.9 Å². The molecule has 0 aliphatic carbocycles. The average molecular weight is 432 g/mol. The molecular formula is C21H22BrNO4. The minimum atomic E-state index is -0.0687. The van der Waals surface area contributed by atoms with Crippen molar-refractivity contribution in [2.24, 2.45) is 0 Å². The molecule has 2 aromatic carbocycles. The minimum Gasteiger partial charge on any atom is -0.492 e. The van der Waals surface area contributed by atoms with Crippen molar-refractivity contribution >= 4 is 27.8 Å². The molecule has 0 bridgehead atoms. The van der Waals surface area contributed by atoms with E-state index in [2.05, 4.69) is 20.8 Å². The molecule has 27 heavy (non-hydrogen) atoms. The third-order valence-electron chi connectivity index (χ3n) is 4.31. The number of carbonyl (C=O) groups is 1. The Morgan fingerprint density at radius 2 is 2.00 bits per heavy atom. The zero-order valence-electron chi connectivity index (χ0n) is 15.6. The zero-order chi connectivity index (χ0) is 19.4. The van der Waals surface area contributed by atoms with Crippen LogP contribution in [0.5, 0.6) is 17.2 Å². The second kappa shape index (κ2) is 8.59. The number of halogens is 1. The summed E-state index contributed by atoms with van der Waals surface area (Å²) in [5, 5.41) is 0. The number of allylic oxidation sites excluding steroid dienone is 1. The highest BCUT2D eigenvalue weighted by atomic mass is 79.9. The third kappa shape index (κ3) is 4.51. The van der Waals surface area contributed by atoms with Gasteiger partial charge in [-0.15, -0.1) is 0 Å². The maximum Gasteiger partial charge on any atom is 0.231 e. The summed E-state index contributed by atoms with van der Waals surface area (Å²) < 4.78 is 17.6. The number of carbonyl (C=O) groups excluding carboxylic acids is 1. The Bertz CT molecular complexity index is 859. The van der Waals surface area contributed by atoms with E-state index in [-0.39, 0.29) is 12.6 Å². The molecule has 0 saturated carbocycles. The summed E-state index contributed by atoms with van der Waals surface area (Å²) in [5.74, 6) is 1.79. The lowest BCUT2D eigenvalue weighted by Crippen LogP contribution is -2.15. The first-order valence-corrected chi connectivity index (χ1v) is 9.41. The predicted octanol–water partition coefficient (Wildman–Crippen LogP) is 4.19. The lowest BCUT2D eigenvalue weighted by Gasteiger charge is -2.15. The van der Waals surface area contributed by atoms with Crippen molar-refractivity contribution in [1.29, 1.82) is 0 Å². The van der Waals surface area contributed by atoms with Crippen LogP contribution in [0.1, 0.15) is 21.5 Å². The van der Waals surface area contributed by atoms with E-state index in [0.717, 1.165) is 28.6 Å². The fraction of sp³-hybridized carbons (Fsp3) is 0.286. The van der Waals surface area contributed by atoms with Crippen LogP contribution >= 0.6 is 15.9 Å². The number of nitrogens with zero attached hydrogens (tertiary/aromatic N) is 1. The minimum absolute atomic E-state index is 0.0687. The van der Waals surface area contributed by atoms with Gasteiger partial charge >= 0.3 is 0 Å². The summed E-state index contributed by atoms with van der Waals surface area (Å²) in [7, 11) is 5.65. The van der Waals surface area contributed by atoms with Crippen LogP contribution in [-0.2, 0) is 6.42 Å². The Hall–Kier alpha value is -2.31. The van der Waals surface area contributed by atoms with Gasteiger partial charge in [-0.25, -0.2) is 0 Å². The lowest BCUT2D eigenvalue weighted by molar-refractivity contribution is 0.104. The number of rotatable bonds is 7. The maximum atomic E-state index is 12.5. The summed E-state index contributed by atoms with van der Waals surface area (Å²) in [5.41, 5.74) is 2.52. The zero-order valence-corrected chi connectivity index (χ0v) is 17.2. The van der Waals surface area contributed by atoms with Crippen molar-refractivity contribution in [3.8, 4) is 17.2 Å². The van der Waals surface area contributed by atoms with Crippen LogP contribution in [0, 0.1) is 0 Å². The number of likely N-dealkylation sites (N-methyl/N-ethyl adjacent to an activating group) is 1. The molecule has 5 nitrogen and oxygen atoms in total. The molecule has 0 N–H and O–H groups in total. The first kappa shape index (κ1) is 19.5. The van der Waals surface area contributed by atoms with Crippen molar-refractivity contribution < 1.29 is 19.0 Å². The Balaban J connectivity index is 1.96. The van der Waals surface area contributed by atoms with Crippen LogP contribution in [-0.4, -0.2) is 45.2 Å². The fourth-order valence-electron chi connectivity index (χ4n) is 2.88. The number of methoxy groups -OCH3 is 1. The summed E-state index contributed by atoms with van der Waals surface area (Å²) in [6.45, 7) is 1.04. The van der Waals surface area contributed by atoms with Gasteiger partial charge in [0.25, 0.3) is 0 Å². The van der Waals surface area contributed by atoms with Crippen LogP contribution in [0.3, 0.4) is 0 Å². The van der Waals surface area contributed by atoms with Crippen molar-refractivity contribution in [3.05, 3.63) is 57.6 Å². The molecule has 0 amide bonds. The molecule has 0 atom stereocenters. The van der Waals surface area contributed by atoms with Gasteiger partial charge in [0.2, 0.25) is 12.5 Å². The van der Waals surface area contributed by atoms with E-state index in [1.807, 2.05) is 32.3 Å². The topological polar surface area (TPSA) is 48.0 Å². The van der Waals surface area contributed by atoms with E-state index < -0.39 is 0 Å². The number of benzene rings is 2. The highest BCUT2D eigenvalue weighted by molar-refractivity contribution is 9.10. The molecule has 2 aromatic rings. The molecule has 1 aliphatic rings. The number of hydrogen-bond acceptors (Lipinski definition) is 5. The molecule has 3 rings (SSSR count). The van der Waals surface area contributed by atoms with Crippen molar-refractivity contribution in [2.75, 3.05) is 34.5 Å². The molecule has 0 radical (unpaired) electrons. The highest BCUT2D eigenvalue weighted by Crippen LogP contribution is 2.45. The van der Waals surface area contributed by atoms with Gasteiger partial charge in [-0.2, -0.15) is 0 Å². The van der Waals surface area contributed by atoms with E-state index >= 15 is 0 Å². The predicted molar refractivity (Wildman–Crippen MR) is 109 cm³/mol. The molecule has 0 spiro atoms. The Morgan fingerprint density at radius 1 is 1.26 bits per heavy atom. The SMILES string of the molecule is COc1c(C=CC(=O)c2ccc(Br)cc2)c(CCN(C)C)cc2c1OCO2. The second-order valence-electron chi connectivity index (χ2n) is 6.47. The number of ether oxygens (including phenoxy) is 3. The van der Waals surface area contributed by atoms with Gasteiger partial charge in [-0.3, -0.25) is 4.79 Å². The summed E-state index contributed by atoms with van der Waals surface area (Å²) in [4.78, 5) is 14.6. The second-order valence-corrected chi connectivity index (χ2v) is 7.39. The van der Waals surface area contributed by atoms with Crippen LogP contribution < -0.4 is 14.2 Å². The number of ketones is 1. The van der Waals surface area contributed by atoms with E-state index in [0.29, 0.717) is 22.8 Å². The summed E-state index contributed by atoms with van der Waals surface area (Å²) in [6.07, 6.45) is 4.17. The van der Waals surface area contributed by atoms with Gasteiger partial charge in [0, 0.05) is 22.1 Å². The molecule has 0 saturated heterocycles. The van der Waals surface area contributed by atoms with Crippen molar-refractivity contribution in [1.82, 2.24) is 4.90 Å². The van der Waals surface area contributed by atoms with Gasteiger partial charge in [0.15, 0.2) is 17.3 Å². The van der Waals surface area contributed by atoms with Crippen LogP contribution in [0.2, 0.25) is 0 Å². The smallest absolute Gasteiger partial charge is 0.231 e. The van der Waals surface area contributed by atoms with Crippen LogP contribution in [0.4, 0.5) is 0 Å². The first-order chi connectivity index (χ1) is 13.0.